The van der Waals surface area contributed by atoms with Crippen LogP contribution in [0.1, 0.15) is 0 Å². The molecule has 10 rings (SSSR count). The van der Waals surface area contributed by atoms with E-state index in [1.807, 2.05) is 0 Å². The van der Waals surface area contributed by atoms with E-state index < -0.39 is 60.1 Å². The second-order valence-corrected chi connectivity index (χ2v) is 17.2. The quantitative estimate of drug-likeness (QED) is 0.0738. The zero-order valence-corrected chi connectivity index (χ0v) is 44.0. The van der Waals surface area contributed by atoms with Gasteiger partial charge in [-0.25, -0.2) is 63.6 Å². The van der Waals surface area contributed by atoms with Gasteiger partial charge >= 0.3 is 33.6 Å². The number of fused-ring (bicyclic) bond motifs is 2. The Bertz CT molecular complexity index is 2690. The van der Waals surface area contributed by atoms with Gasteiger partial charge in [0.2, 0.25) is 0 Å². The predicted octanol–water partition coefficient (Wildman–Crippen LogP) is -3.43. The number of benzene rings is 4. The third-order valence-electron chi connectivity index (χ3n) is 7.16. The summed E-state index contributed by atoms with van der Waals surface area (Å²) in [5.41, 5.74) is 0. The molecular weight excluding hydrogens is 1190 g/mol. The summed E-state index contributed by atoms with van der Waals surface area (Å²) in [5.74, 6) is 0. The number of hydrogen-bond donors (Lipinski definition) is 6. The first-order valence-corrected chi connectivity index (χ1v) is 23.5. The smallest absolute Gasteiger partial charge is 0.744 e. The Labute approximate surface area is 453 Å². The van der Waals surface area contributed by atoms with Crippen molar-refractivity contribution in [2.45, 2.75) is 19.6 Å². The molecule has 0 fully saturated rings. The summed E-state index contributed by atoms with van der Waals surface area (Å²) < 4.78 is 130. The van der Waals surface area contributed by atoms with Crippen LogP contribution in [0.15, 0.2) is 205 Å². The third kappa shape index (κ3) is 35.2. The van der Waals surface area contributed by atoms with E-state index in [0.29, 0.717) is 21.5 Å². The summed E-state index contributed by atoms with van der Waals surface area (Å²) in [6.07, 6.45) is 30.5. The fourth-order valence-electron chi connectivity index (χ4n) is 4.32. The number of aromatic nitrogens is 12. The van der Waals surface area contributed by atoms with Crippen LogP contribution in [0.25, 0.3) is 21.5 Å². The first kappa shape index (κ1) is 85.7. The molecule has 0 atom stereocenters. The van der Waals surface area contributed by atoms with Gasteiger partial charge in [-0.05, 0) is 70.1 Å². The van der Waals surface area contributed by atoms with Crippen LogP contribution in [0, 0.1) is 0 Å². The molecular formula is C38H58Co2N12O20S4+6. The van der Waals surface area contributed by atoms with Gasteiger partial charge in [0.1, 0.15) is 40.5 Å². The van der Waals surface area contributed by atoms with E-state index in [1.54, 1.807) is 112 Å². The van der Waals surface area contributed by atoms with E-state index in [1.165, 1.54) is 24.3 Å². The molecule has 38 heteroatoms. The van der Waals surface area contributed by atoms with Gasteiger partial charge in [-0.3, -0.25) is 0 Å². The van der Waals surface area contributed by atoms with Crippen LogP contribution >= 0.6 is 0 Å². The third-order valence-corrected chi connectivity index (χ3v) is 10.5. The monoisotopic (exact) mass is 1250 g/mol. The molecule has 6 aromatic heterocycles. The number of nitrogens with zero attached hydrogens (tertiary/aromatic N) is 6. The molecule has 0 unspecified atom stereocenters. The molecule has 4 aromatic carbocycles. The topological polar surface area (TPSA) is 662 Å². The molecule has 426 valence electrons. The number of aromatic amines is 6. The molecule has 0 spiro atoms. The largest absolute Gasteiger partial charge is 2.00 e. The van der Waals surface area contributed by atoms with E-state index in [0.717, 1.165) is 48.5 Å². The summed E-state index contributed by atoms with van der Waals surface area (Å²) in [7, 11) is -18.3. The summed E-state index contributed by atoms with van der Waals surface area (Å²) in [6, 6.07) is 13.8. The molecule has 6 heterocycles. The molecule has 0 aliphatic heterocycles. The molecule has 0 bridgehead atoms. The van der Waals surface area contributed by atoms with Crippen molar-refractivity contribution in [2.24, 2.45) is 0 Å². The van der Waals surface area contributed by atoms with Crippen molar-refractivity contribution >= 4 is 62.0 Å². The first-order chi connectivity index (χ1) is 31.4. The van der Waals surface area contributed by atoms with Crippen LogP contribution in [0.3, 0.4) is 0 Å². The molecule has 32 nitrogen and oxygen atoms in total. The van der Waals surface area contributed by atoms with Crippen LogP contribution in [-0.2, 0) is 107 Å². The zero-order chi connectivity index (χ0) is 48.3. The second kappa shape index (κ2) is 44.3. The normalized spacial score (nSPS) is 9.21. The zero-order valence-electron chi connectivity index (χ0n) is 38.7. The number of hydrogen-bond acceptors (Lipinski definition) is 18. The summed E-state index contributed by atoms with van der Waals surface area (Å²) >= 11 is 0. The van der Waals surface area contributed by atoms with Crippen LogP contribution in [0.5, 0.6) is 0 Å². The van der Waals surface area contributed by atoms with Crippen molar-refractivity contribution in [1.29, 1.82) is 0 Å². The van der Waals surface area contributed by atoms with Crippen LogP contribution in [-0.4, -0.2) is 123 Å². The van der Waals surface area contributed by atoms with E-state index in [-0.39, 0.29) is 77.4 Å². The Morgan fingerprint density at radius 2 is 0.434 bits per heavy atom. The van der Waals surface area contributed by atoms with Crippen molar-refractivity contribution < 1.29 is 129 Å². The Hall–Kier alpha value is -7.01. The molecule has 28 N–H and O–H groups in total. The minimum atomic E-state index is -4.56. The maximum absolute atomic E-state index is 10.8. The minimum absolute atomic E-state index is 0. The number of imidazole rings is 6. The summed E-state index contributed by atoms with van der Waals surface area (Å²) in [6.45, 7) is 0. The van der Waals surface area contributed by atoms with Gasteiger partial charge < -0.3 is 91.9 Å². The SMILES string of the molecule is O.O.O=S(=O)([O-])c1ccc2cc(S(=O)(=O)[O-])ccc2c1.O=S(=O)([O-])c1ccc2cc(S(=O)(=O)[O-])ccc2c1.[Co+2].[Co+2].[OH3+].[OH3+].[OH3+].[OH3+].[OH3+].[OH3+].c1c[nH]cn1.c1c[nH]cn1.c1c[nH]cn1.c1c[nH]cn1.c1c[nH]cn1.c1c[nH]cn1. The molecule has 0 amide bonds. The van der Waals surface area contributed by atoms with Gasteiger partial charge in [-0.2, -0.15) is 0 Å². The Morgan fingerprint density at radius 1 is 0.289 bits per heavy atom. The number of rotatable bonds is 4. The Kier molecular flexibility index (Phi) is 50.0. The van der Waals surface area contributed by atoms with Gasteiger partial charge in [0.25, 0.3) is 0 Å². The molecule has 2 radical (unpaired) electrons. The Morgan fingerprint density at radius 3 is 0.513 bits per heavy atom. The van der Waals surface area contributed by atoms with Gasteiger partial charge in [0.05, 0.1) is 57.5 Å². The maximum atomic E-state index is 10.8. The molecule has 76 heavy (non-hydrogen) atoms. The first-order valence-electron chi connectivity index (χ1n) is 17.8. The van der Waals surface area contributed by atoms with Gasteiger partial charge in [0.15, 0.2) is 0 Å². The van der Waals surface area contributed by atoms with Gasteiger partial charge in [-0.15, -0.1) is 0 Å². The molecule has 0 saturated heterocycles. The van der Waals surface area contributed by atoms with E-state index in [4.69, 9.17) is 0 Å². The van der Waals surface area contributed by atoms with Gasteiger partial charge in [-0.1, -0.05) is 24.3 Å². The van der Waals surface area contributed by atoms with E-state index >= 15 is 0 Å². The van der Waals surface area contributed by atoms with Crippen molar-refractivity contribution in [3.63, 3.8) is 0 Å². The fraction of sp³-hybridized carbons (Fsp3) is 0. The van der Waals surface area contributed by atoms with Crippen molar-refractivity contribution in [3.8, 4) is 0 Å². The standard InChI is InChI=1S/2C10H8O6S2.6C3H4N2.2Co.8H2O/c2*11-17(12,13)9-3-1-7-5-10(18(14,15)16)4-2-8(7)6-9;6*1-2-5-3-4-1;;;;;;;;;;/h2*1-6H,(H,11,12,13)(H,14,15,16);6*1-3H,(H,4,5);;;8*1H2/q;;;;;;;;2*+2;;;;;;;;/p+2. The van der Waals surface area contributed by atoms with Crippen LogP contribution < -0.4 is 0 Å². The average molecular weight is 1250 g/mol. The predicted molar refractivity (Wildman–Crippen MR) is 268 cm³/mol. The van der Waals surface area contributed by atoms with Gasteiger partial charge in [0, 0.05) is 74.4 Å². The fourth-order valence-corrected chi connectivity index (χ4v) is 6.34. The maximum Gasteiger partial charge on any atom is 2.00 e. The van der Waals surface area contributed by atoms with Crippen LogP contribution in [0.4, 0.5) is 0 Å². The number of nitrogens with one attached hydrogen (secondary N) is 6. The van der Waals surface area contributed by atoms with Crippen molar-refractivity contribution in [2.75, 3.05) is 0 Å². The van der Waals surface area contributed by atoms with E-state index in [2.05, 4.69) is 59.8 Å². The molecule has 10 aromatic rings. The number of H-pyrrole nitrogens is 6. The summed E-state index contributed by atoms with van der Waals surface area (Å²) in [5, 5.41) is 1.44. The van der Waals surface area contributed by atoms with Crippen molar-refractivity contribution in [1.82, 2.24) is 59.8 Å². The molecule has 0 saturated carbocycles. The second-order valence-electron chi connectivity index (χ2n) is 11.7. The molecule has 0 aliphatic carbocycles. The average Bonchev–Trinajstić information content (AvgIpc) is 4.15. The molecule has 0 aliphatic rings. The Balaban J connectivity index is -0.000000122. The van der Waals surface area contributed by atoms with E-state index in [9.17, 15) is 51.9 Å². The summed E-state index contributed by atoms with van der Waals surface area (Å²) in [4.78, 5) is 36.9. The van der Waals surface area contributed by atoms with Crippen molar-refractivity contribution in [3.05, 3.63) is 185 Å². The minimum Gasteiger partial charge on any atom is -0.744 e. The van der Waals surface area contributed by atoms with Crippen LogP contribution in [0.2, 0.25) is 0 Å².